The lowest BCUT2D eigenvalue weighted by molar-refractivity contribution is -0.113. The highest BCUT2D eigenvalue weighted by Crippen LogP contribution is 2.01. The van der Waals surface area contributed by atoms with Gasteiger partial charge in [0.2, 0.25) is 5.78 Å². The van der Waals surface area contributed by atoms with Gasteiger partial charge in [-0.25, -0.2) is 0 Å². The normalized spacial score (nSPS) is 9.33. The fraction of sp³-hybridized carbons (Fsp3) is 0.727. The lowest BCUT2D eigenvalue weighted by Crippen LogP contribution is -1.91. The van der Waals surface area contributed by atoms with Crippen LogP contribution in [0.5, 0.6) is 0 Å². The molecule has 0 spiro atoms. The van der Waals surface area contributed by atoms with E-state index in [9.17, 15) is 4.79 Å². The molecule has 0 fully saturated rings. The predicted molar refractivity (Wildman–Crippen MR) is 51.8 cm³/mol. The van der Waals surface area contributed by atoms with Gasteiger partial charge in [-0.15, -0.1) is 0 Å². The van der Waals surface area contributed by atoms with Crippen LogP contribution in [0.2, 0.25) is 0 Å². The van der Waals surface area contributed by atoms with Crippen LogP contribution < -0.4 is 0 Å². The number of ketones is 1. The second kappa shape index (κ2) is 6.91. The summed E-state index contributed by atoms with van der Waals surface area (Å²) in [6.45, 7) is 6.32. The molecule has 0 aromatic rings. The highest BCUT2D eigenvalue weighted by atomic mass is 16.1. The van der Waals surface area contributed by atoms with Crippen LogP contribution in [0.3, 0.4) is 0 Å². The van der Waals surface area contributed by atoms with Gasteiger partial charge < -0.3 is 0 Å². The molecule has 0 aliphatic rings. The first-order valence-corrected chi connectivity index (χ1v) is 4.68. The highest BCUT2D eigenvalue weighted by molar-refractivity contribution is 5.95. The van der Waals surface area contributed by atoms with Crippen molar-refractivity contribution in [2.45, 2.75) is 46.5 Å². The van der Waals surface area contributed by atoms with Crippen molar-refractivity contribution >= 4 is 5.78 Å². The van der Waals surface area contributed by atoms with Gasteiger partial charge in [-0.1, -0.05) is 26.7 Å². The summed E-state index contributed by atoms with van der Waals surface area (Å²) in [6.07, 6.45) is 3.45. The first-order chi connectivity index (χ1) is 5.66. The first kappa shape index (κ1) is 11.2. The molecule has 1 nitrogen and oxygen atoms in total. The van der Waals surface area contributed by atoms with Crippen molar-refractivity contribution in [1.29, 1.82) is 0 Å². The number of hydrogen-bond acceptors (Lipinski definition) is 1. The lowest BCUT2D eigenvalue weighted by Gasteiger charge is -1.96. The Morgan fingerprint density at radius 2 is 2.08 bits per heavy atom. The number of carbonyl (C=O) groups excluding carboxylic acids is 1. The SMILES string of the molecule is CCCC(=O)C#CCCC(C)C. The van der Waals surface area contributed by atoms with E-state index >= 15 is 0 Å². The van der Waals surface area contributed by atoms with Crippen LogP contribution in [0.4, 0.5) is 0 Å². The van der Waals surface area contributed by atoms with Crippen molar-refractivity contribution < 1.29 is 4.79 Å². The van der Waals surface area contributed by atoms with Crippen LogP contribution in [0.25, 0.3) is 0 Å². The van der Waals surface area contributed by atoms with E-state index < -0.39 is 0 Å². The van der Waals surface area contributed by atoms with Gasteiger partial charge in [-0.05, 0) is 24.7 Å². The molecule has 0 atom stereocenters. The molecule has 0 heterocycles. The number of rotatable bonds is 4. The Balaban J connectivity index is 3.51. The van der Waals surface area contributed by atoms with Gasteiger partial charge >= 0.3 is 0 Å². The fourth-order valence-electron chi connectivity index (χ4n) is 0.811. The minimum atomic E-state index is 0.0845. The molecule has 0 rings (SSSR count). The van der Waals surface area contributed by atoms with Gasteiger partial charge in [0.15, 0.2) is 0 Å². The van der Waals surface area contributed by atoms with Gasteiger partial charge in [0.25, 0.3) is 0 Å². The number of hydrogen-bond donors (Lipinski definition) is 0. The van der Waals surface area contributed by atoms with Gasteiger partial charge in [0.1, 0.15) is 0 Å². The highest BCUT2D eigenvalue weighted by Gasteiger charge is 1.92. The molecule has 0 radical (unpaired) electrons. The lowest BCUT2D eigenvalue weighted by atomic mass is 10.1. The molecule has 0 amide bonds. The summed E-state index contributed by atoms with van der Waals surface area (Å²) in [5.74, 6) is 6.32. The van der Waals surface area contributed by atoms with E-state index in [1.54, 1.807) is 0 Å². The van der Waals surface area contributed by atoms with E-state index in [-0.39, 0.29) is 5.78 Å². The maximum atomic E-state index is 10.9. The molecule has 0 aromatic carbocycles. The van der Waals surface area contributed by atoms with Gasteiger partial charge in [-0.2, -0.15) is 0 Å². The Hall–Kier alpha value is -0.770. The summed E-state index contributed by atoms with van der Waals surface area (Å²) in [4.78, 5) is 10.9. The molecule has 68 valence electrons. The van der Waals surface area contributed by atoms with Crippen LogP contribution in [0.15, 0.2) is 0 Å². The molecule has 0 saturated heterocycles. The van der Waals surface area contributed by atoms with Crippen LogP contribution in [0, 0.1) is 17.8 Å². The van der Waals surface area contributed by atoms with Gasteiger partial charge in [-0.3, -0.25) is 4.79 Å². The fourth-order valence-corrected chi connectivity index (χ4v) is 0.811. The second-order valence-electron chi connectivity index (χ2n) is 3.41. The Morgan fingerprint density at radius 1 is 1.42 bits per heavy atom. The minimum Gasteiger partial charge on any atom is -0.285 e. The largest absolute Gasteiger partial charge is 0.285 e. The van der Waals surface area contributed by atoms with Crippen molar-refractivity contribution in [2.24, 2.45) is 5.92 Å². The van der Waals surface area contributed by atoms with Crippen molar-refractivity contribution in [1.82, 2.24) is 0 Å². The molecule has 0 aromatic heterocycles. The summed E-state index contributed by atoms with van der Waals surface area (Å²) in [6, 6.07) is 0. The Bertz CT molecular complexity index is 181. The third-order valence-corrected chi connectivity index (χ3v) is 1.55. The third-order valence-electron chi connectivity index (χ3n) is 1.55. The Labute approximate surface area is 75.5 Å². The quantitative estimate of drug-likeness (QED) is 0.463. The smallest absolute Gasteiger partial charge is 0.205 e. The monoisotopic (exact) mass is 166 g/mol. The zero-order valence-corrected chi connectivity index (χ0v) is 8.31. The van der Waals surface area contributed by atoms with E-state index in [0.29, 0.717) is 12.3 Å². The van der Waals surface area contributed by atoms with Crippen LogP contribution in [-0.4, -0.2) is 5.78 Å². The number of carbonyl (C=O) groups is 1. The molecule has 1 heteroatoms. The molecule has 0 unspecified atom stereocenters. The van der Waals surface area contributed by atoms with Crippen molar-refractivity contribution in [3.05, 3.63) is 0 Å². The summed E-state index contributed by atoms with van der Waals surface area (Å²) < 4.78 is 0. The van der Waals surface area contributed by atoms with Crippen molar-refractivity contribution in [2.75, 3.05) is 0 Å². The third kappa shape index (κ3) is 7.34. The van der Waals surface area contributed by atoms with Crippen molar-refractivity contribution in [3.8, 4) is 11.8 Å². The maximum absolute atomic E-state index is 10.9. The van der Waals surface area contributed by atoms with Crippen LogP contribution in [0.1, 0.15) is 46.5 Å². The molecule has 0 aliphatic heterocycles. The zero-order valence-electron chi connectivity index (χ0n) is 8.31. The summed E-state index contributed by atoms with van der Waals surface area (Å²) in [5.41, 5.74) is 0. The average molecular weight is 166 g/mol. The second-order valence-corrected chi connectivity index (χ2v) is 3.41. The van der Waals surface area contributed by atoms with E-state index in [0.717, 1.165) is 19.3 Å². The zero-order chi connectivity index (χ0) is 9.40. The first-order valence-electron chi connectivity index (χ1n) is 4.68. The van der Waals surface area contributed by atoms with E-state index in [1.807, 2.05) is 6.92 Å². The molecule has 0 aliphatic carbocycles. The molecular weight excluding hydrogens is 148 g/mol. The number of Topliss-reactive ketones (excluding diaryl/α,β-unsaturated/α-hetero) is 1. The topological polar surface area (TPSA) is 17.1 Å². The van der Waals surface area contributed by atoms with Gasteiger partial charge in [0.05, 0.1) is 0 Å². The molecule has 0 N–H and O–H groups in total. The Morgan fingerprint density at radius 3 is 2.58 bits per heavy atom. The van der Waals surface area contributed by atoms with Crippen molar-refractivity contribution in [3.63, 3.8) is 0 Å². The van der Waals surface area contributed by atoms with Crippen LogP contribution >= 0.6 is 0 Å². The molecule has 0 saturated carbocycles. The molecule has 0 bridgehead atoms. The van der Waals surface area contributed by atoms with E-state index in [4.69, 9.17) is 0 Å². The summed E-state index contributed by atoms with van der Waals surface area (Å²) in [7, 11) is 0. The molecule has 12 heavy (non-hydrogen) atoms. The predicted octanol–water partition coefficient (Wildman–Crippen LogP) is 2.80. The average Bonchev–Trinajstić information content (AvgIpc) is 1.98. The minimum absolute atomic E-state index is 0.0845. The summed E-state index contributed by atoms with van der Waals surface area (Å²) in [5, 5.41) is 0. The summed E-state index contributed by atoms with van der Waals surface area (Å²) >= 11 is 0. The van der Waals surface area contributed by atoms with Crippen LogP contribution in [-0.2, 0) is 4.79 Å². The maximum Gasteiger partial charge on any atom is 0.205 e. The van der Waals surface area contributed by atoms with Gasteiger partial charge in [0, 0.05) is 12.8 Å². The standard InChI is InChI=1S/C11H18O/c1-4-7-11(12)9-6-5-8-10(2)3/h10H,4-5,7-8H2,1-3H3. The Kier molecular flexibility index (Phi) is 6.47. The van der Waals surface area contributed by atoms with E-state index in [2.05, 4.69) is 25.7 Å². The molecular formula is C11H18O. The van der Waals surface area contributed by atoms with E-state index in [1.165, 1.54) is 0 Å².